The molecule has 0 aromatic heterocycles. The first-order valence-corrected chi connectivity index (χ1v) is 10.9. The largest absolute Gasteiger partial charge is 0.493 e. The fourth-order valence-electron chi connectivity index (χ4n) is 2.89. The summed E-state index contributed by atoms with van der Waals surface area (Å²) >= 11 is 9.27. The van der Waals surface area contributed by atoms with Gasteiger partial charge < -0.3 is 14.8 Å². The first kappa shape index (κ1) is 24.8. The van der Waals surface area contributed by atoms with Crippen LogP contribution in [0.1, 0.15) is 11.1 Å². The molecule has 0 bridgehead atoms. The summed E-state index contributed by atoms with van der Waals surface area (Å²) in [6.45, 7) is 0.0760. The Labute approximate surface area is 208 Å². The Morgan fingerprint density at radius 3 is 2.59 bits per heavy atom. The SMILES string of the molecule is COc1cc(/C=C(/C#N)C(=O)Nc2ccc(Cl)cc2)c(Br)cc1OCc1cccc([N+](=O)[O-])c1. The molecule has 0 aliphatic carbocycles. The van der Waals surface area contributed by atoms with Gasteiger partial charge in [-0.3, -0.25) is 14.9 Å². The van der Waals surface area contributed by atoms with E-state index in [1.807, 2.05) is 6.07 Å². The van der Waals surface area contributed by atoms with Crippen LogP contribution in [0.15, 0.2) is 70.7 Å². The van der Waals surface area contributed by atoms with Crippen LogP contribution in [0.3, 0.4) is 0 Å². The molecule has 0 unspecified atom stereocenters. The van der Waals surface area contributed by atoms with Crippen molar-refractivity contribution in [3.8, 4) is 17.6 Å². The highest BCUT2D eigenvalue weighted by molar-refractivity contribution is 9.10. The third kappa shape index (κ3) is 6.34. The van der Waals surface area contributed by atoms with Crippen LogP contribution in [0.2, 0.25) is 5.02 Å². The maximum Gasteiger partial charge on any atom is 0.269 e. The maximum atomic E-state index is 12.5. The van der Waals surface area contributed by atoms with Crippen LogP contribution >= 0.6 is 27.5 Å². The molecule has 3 rings (SSSR count). The van der Waals surface area contributed by atoms with Gasteiger partial charge in [-0.15, -0.1) is 0 Å². The molecule has 0 saturated heterocycles. The standard InChI is InChI=1S/C24H17BrClN3O5/c1-33-22-11-16(10-17(13-27)24(30)28-19-7-5-18(26)6-8-19)21(25)12-23(22)34-14-15-3-2-4-20(9-15)29(31)32/h2-12H,14H2,1H3,(H,28,30)/b17-10-. The zero-order chi connectivity index (χ0) is 24.7. The van der Waals surface area contributed by atoms with E-state index in [-0.39, 0.29) is 17.9 Å². The zero-order valence-corrected chi connectivity index (χ0v) is 20.1. The van der Waals surface area contributed by atoms with E-state index in [9.17, 15) is 20.2 Å². The van der Waals surface area contributed by atoms with Gasteiger partial charge >= 0.3 is 0 Å². The average molecular weight is 543 g/mol. The first-order valence-electron chi connectivity index (χ1n) is 9.73. The van der Waals surface area contributed by atoms with Crippen LogP contribution in [0.4, 0.5) is 11.4 Å². The third-order valence-electron chi connectivity index (χ3n) is 4.57. The summed E-state index contributed by atoms with van der Waals surface area (Å²) in [5, 5.41) is 23.6. The summed E-state index contributed by atoms with van der Waals surface area (Å²) < 4.78 is 11.7. The van der Waals surface area contributed by atoms with Crippen molar-refractivity contribution in [2.75, 3.05) is 12.4 Å². The summed E-state index contributed by atoms with van der Waals surface area (Å²) in [6.07, 6.45) is 1.42. The molecule has 3 aromatic rings. The lowest BCUT2D eigenvalue weighted by Gasteiger charge is -2.13. The Morgan fingerprint density at radius 1 is 1.21 bits per heavy atom. The number of anilines is 1. The topological polar surface area (TPSA) is 114 Å². The summed E-state index contributed by atoms with van der Waals surface area (Å²) in [5.41, 5.74) is 1.47. The molecule has 0 atom stereocenters. The van der Waals surface area contributed by atoms with E-state index >= 15 is 0 Å². The molecule has 172 valence electrons. The molecule has 0 fully saturated rings. The predicted octanol–water partition coefficient (Wildman–Crippen LogP) is 6.14. The highest BCUT2D eigenvalue weighted by Gasteiger charge is 2.14. The highest BCUT2D eigenvalue weighted by Crippen LogP contribution is 2.35. The lowest BCUT2D eigenvalue weighted by Crippen LogP contribution is -2.13. The number of nitrogens with one attached hydrogen (secondary N) is 1. The number of halogens is 2. The molecule has 34 heavy (non-hydrogen) atoms. The predicted molar refractivity (Wildman–Crippen MR) is 132 cm³/mol. The smallest absolute Gasteiger partial charge is 0.269 e. The van der Waals surface area contributed by atoms with Crippen LogP contribution < -0.4 is 14.8 Å². The molecule has 0 heterocycles. The van der Waals surface area contributed by atoms with Gasteiger partial charge in [0.15, 0.2) is 11.5 Å². The number of ether oxygens (including phenoxy) is 2. The lowest BCUT2D eigenvalue weighted by atomic mass is 10.1. The van der Waals surface area contributed by atoms with Crippen molar-refractivity contribution in [1.82, 2.24) is 0 Å². The van der Waals surface area contributed by atoms with Gasteiger partial charge in [0, 0.05) is 27.3 Å². The van der Waals surface area contributed by atoms with Crippen molar-refractivity contribution in [2.45, 2.75) is 6.61 Å². The molecule has 0 aliphatic rings. The molecule has 8 nitrogen and oxygen atoms in total. The molecule has 0 radical (unpaired) electrons. The number of methoxy groups -OCH3 is 1. The third-order valence-corrected chi connectivity index (χ3v) is 5.50. The number of benzene rings is 3. The van der Waals surface area contributed by atoms with Crippen LogP contribution in [-0.4, -0.2) is 17.9 Å². The summed E-state index contributed by atoms with van der Waals surface area (Å²) in [5.74, 6) is 0.152. The van der Waals surface area contributed by atoms with Crippen LogP contribution in [0.25, 0.3) is 6.08 Å². The van der Waals surface area contributed by atoms with Gasteiger partial charge in [-0.1, -0.05) is 39.7 Å². The van der Waals surface area contributed by atoms with E-state index in [1.54, 1.807) is 48.5 Å². The molecule has 0 saturated carbocycles. The first-order chi connectivity index (χ1) is 16.3. The Kier molecular flexibility index (Phi) is 8.24. The number of non-ortho nitro benzene ring substituents is 1. The van der Waals surface area contributed by atoms with E-state index in [0.29, 0.717) is 37.8 Å². The molecule has 1 amide bonds. The second kappa shape index (κ2) is 11.3. The van der Waals surface area contributed by atoms with Gasteiger partial charge in [0.25, 0.3) is 11.6 Å². The van der Waals surface area contributed by atoms with E-state index in [4.69, 9.17) is 21.1 Å². The summed E-state index contributed by atoms with van der Waals surface area (Å²) in [4.78, 5) is 23.0. The number of nitro benzene ring substituents is 1. The Hall–Kier alpha value is -3.87. The number of carbonyl (C=O) groups excluding carboxylic acids is 1. The van der Waals surface area contributed by atoms with Gasteiger partial charge in [-0.2, -0.15) is 5.26 Å². The van der Waals surface area contributed by atoms with Crippen LogP contribution in [-0.2, 0) is 11.4 Å². The van der Waals surface area contributed by atoms with E-state index in [0.717, 1.165) is 0 Å². The van der Waals surface area contributed by atoms with Gasteiger partial charge in [-0.25, -0.2) is 0 Å². The van der Waals surface area contributed by atoms with Gasteiger partial charge in [0.1, 0.15) is 18.2 Å². The van der Waals surface area contributed by atoms with Gasteiger partial charge in [0.2, 0.25) is 0 Å². The number of rotatable bonds is 8. The van der Waals surface area contributed by atoms with Crippen molar-refractivity contribution in [3.05, 3.63) is 97.0 Å². The minimum absolute atomic E-state index is 0.0318. The number of carbonyl (C=O) groups is 1. The quantitative estimate of drug-likeness (QED) is 0.158. The van der Waals surface area contributed by atoms with E-state index < -0.39 is 10.8 Å². The normalized spacial score (nSPS) is 10.8. The molecule has 3 aromatic carbocycles. The van der Waals surface area contributed by atoms with Crippen molar-refractivity contribution >= 4 is 50.9 Å². The van der Waals surface area contributed by atoms with E-state index in [1.165, 1.54) is 25.3 Å². The fraction of sp³-hybridized carbons (Fsp3) is 0.0833. The molecule has 10 heteroatoms. The Bertz CT molecular complexity index is 1300. The number of nitro groups is 1. The Balaban J connectivity index is 1.81. The number of amides is 1. The number of nitriles is 1. The average Bonchev–Trinajstić information content (AvgIpc) is 2.83. The van der Waals surface area contributed by atoms with Gasteiger partial charge in [-0.05, 0) is 53.6 Å². The van der Waals surface area contributed by atoms with Crippen molar-refractivity contribution in [2.24, 2.45) is 0 Å². The second-order valence-corrected chi connectivity index (χ2v) is 8.16. The van der Waals surface area contributed by atoms with Gasteiger partial charge in [0.05, 0.1) is 12.0 Å². The van der Waals surface area contributed by atoms with Crippen molar-refractivity contribution in [1.29, 1.82) is 5.26 Å². The number of nitrogens with zero attached hydrogens (tertiary/aromatic N) is 2. The van der Waals surface area contributed by atoms with Crippen LogP contribution in [0, 0.1) is 21.4 Å². The summed E-state index contributed by atoms with van der Waals surface area (Å²) in [6, 6.07) is 17.8. The zero-order valence-electron chi connectivity index (χ0n) is 17.7. The summed E-state index contributed by atoms with van der Waals surface area (Å²) in [7, 11) is 1.45. The lowest BCUT2D eigenvalue weighted by molar-refractivity contribution is -0.384. The molecule has 0 spiro atoms. The molecular weight excluding hydrogens is 526 g/mol. The molecular formula is C24H17BrClN3O5. The van der Waals surface area contributed by atoms with Crippen molar-refractivity contribution < 1.29 is 19.2 Å². The maximum absolute atomic E-state index is 12.5. The molecule has 1 N–H and O–H groups in total. The van der Waals surface area contributed by atoms with Crippen molar-refractivity contribution in [3.63, 3.8) is 0 Å². The fourth-order valence-corrected chi connectivity index (χ4v) is 3.45. The minimum Gasteiger partial charge on any atom is -0.493 e. The molecule has 0 aliphatic heterocycles. The van der Waals surface area contributed by atoms with Crippen LogP contribution in [0.5, 0.6) is 11.5 Å². The minimum atomic E-state index is -0.582. The highest BCUT2D eigenvalue weighted by atomic mass is 79.9. The number of hydrogen-bond donors (Lipinski definition) is 1. The number of hydrogen-bond acceptors (Lipinski definition) is 6. The monoisotopic (exact) mass is 541 g/mol. The van der Waals surface area contributed by atoms with E-state index in [2.05, 4.69) is 21.2 Å². The Morgan fingerprint density at radius 2 is 1.94 bits per heavy atom. The second-order valence-electron chi connectivity index (χ2n) is 6.87.